The lowest BCUT2D eigenvalue weighted by atomic mass is 9.87. The van der Waals surface area contributed by atoms with Gasteiger partial charge in [-0.15, -0.1) is 0 Å². The molecule has 2 aliphatic heterocycles. The zero-order chi connectivity index (χ0) is 29.0. The number of alkyl halides is 3. The molecule has 6 rings (SSSR count). The van der Waals surface area contributed by atoms with Crippen LogP contribution in [0.5, 0.6) is 0 Å². The molecule has 3 N–H and O–H groups in total. The molecule has 2 aromatic heterocycles. The third kappa shape index (κ3) is 5.63. The first kappa shape index (κ1) is 27.5. The summed E-state index contributed by atoms with van der Waals surface area (Å²) in [5, 5.41) is 20.2. The van der Waals surface area contributed by atoms with E-state index < -0.39 is 27.7 Å². The van der Waals surface area contributed by atoms with Crippen LogP contribution in [-0.4, -0.2) is 75.5 Å². The highest BCUT2D eigenvalue weighted by atomic mass is 32.2. The van der Waals surface area contributed by atoms with Crippen molar-refractivity contribution in [3.63, 3.8) is 0 Å². The number of hydrogen-bond acceptors (Lipinski definition) is 8. The van der Waals surface area contributed by atoms with Crippen LogP contribution < -0.4 is 15.5 Å². The van der Waals surface area contributed by atoms with Crippen molar-refractivity contribution < 1.29 is 31.5 Å². The Labute approximate surface area is 234 Å². The van der Waals surface area contributed by atoms with E-state index in [-0.39, 0.29) is 40.6 Å². The molecule has 1 aromatic carbocycles. The number of rotatable bonds is 6. The Morgan fingerprint density at radius 1 is 1.07 bits per heavy atom. The minimum Gasteiger partial charge on any atom is -0.465 e. The van der Waals surface area contributed by atoms with Gasteiger partial charge in [-0.3, -0.25) is 0 Å². The molecule has 220 valence electrons. The molecular weight excluding hydrogens is 563 g/mol. The highest BCUT2D eigenvalue weighted by molar-refractivity contribution is 7.91. The van der Waals surface area contributed by atoms with Gasteiger partial charge in [0.25, 0.3) is 0 Å². The maximum atomic E-state index is 13.4. The lowest BCUT2D eigenvalue weighted by Crippen LogP contribution is -2.47. The van der Waals surface area contributed by atoms with Crippen LogP contribution in [0.4, 0.5) is 29.7 Å². The maximum Gasteiger partial charge on any atom is 0.416 e. The molecular formula is C26H30F3N7O4S. The number of nitrogens with one attached hydrogen (secondary N) is 2. The molecule has 0 bridgehead atoms. The number of halogens is 3. The highest BCUT2D eigenvalue weighted by Crippen LogP contribution is 2.47. The van der Waals surface area contributed by atoms with Crippen LogP contribution >= 0.6 is 0 Å². The van der Waals surface area contributed by atoms with Crippen molar-refractivity contribution in [3.05, 3.63) is 36.0 Å². The largest absolute Gasteiger partial charge is 0.465 e. The zero-order valence-electron chi connectivity index (χ0n) is 22.1. The molecule has 0 spiro atoms. The molecule has 11 nitrogen and oxygen atoms in total. The molecule has 3 aliphatic rings. The number of benzene rings is 1. The Morgan fingerprint density at radius 2 is 1.78 bits per heavy atom. The average Bonchev–Trinajstić information content (AvgIpc) is 3.57. The normalized spacial score (nSPS) is 21.1. The van der Waals surface area contributed by atoms with Gasteiger partial charge < -0.3 is 20.6 Å². The number of piperidine rings is 1. The number of carbonyl (C=O) groups is 1. The van der Waals surface area contributed by atoms with E-state index in [0.29, 0.717) is 42.8 Å². The molecule has 0 radical (unpaired) electrons. The molecule has 2 saturated heterocycles. The van der Waals surface area contributed by atoms with Crippen LogP contribution in [0.2, 0.25) is 0 Å². The number of sulfone groups is 1. The van der Waals surface area contributed by atoms with E-state index in [0.717, 1.165) is 37.8 Å². The van der Waals surface area contributed by atoms with Crippen molar-refractivity contribution in [3.8, 4) is 5.69 Å². The summed E-state index contributed by atoms with van der Waals surface area (Å²) in [6, 6.07) is 4.69. The third-order valence-corrected chi connectivity index (χ3v) is 10.2. The fourth-order valence-electron chi connectivity index (χ4n) is 6.05. The van der Waals surface area contributed by atoms with E-state index in [1.165, 1.54) is 16.8 Å². The third-order valence-electron chi connectivity index (χ3n) is 8.43. The molecule has 3 fully saturated rings. The Balaban J connectivity index is 1.33. The number of amides is 1. The molecule has 1 amide bonds. The fraction of sp³-hybridized carbons (Fsp3) is 0.538. The summed E-state index contributed by atoms with van der Waals surface area (Å²) in [4.78, 5) is 22.8. The van der Waals surface area contributed by atoms with Crippen LogP contribution in [0, 0.1) is 5.92 Å². The average molecular weight is 594 g/mol. The zero-order valence-corrected chi connectivity index (χ0v) is 22.9. The predicted molar refractivity (Wildman–Crippen MR) is 145 cm³/mol. The lowest BCUT2D eigenvalue weighted by molar-refractivity contribution is -0.137. The van der Waals surface area contributed by atoms with Crippen molar-refractivity contribution in [1.29, 1.82) is 0 Å². The smallest absolute Gasteiger partial charge is 0.416 e. The number of fused-ring (bicyclic) bond motifs is 1. The maximum absolute atomic E-state index is 13.4. The van der Waals surface area contributed by atoms with Crippen molar-refractivity contribution in [2.24, 2.45) is 5.92 Å². The summed E-state index contributed by atoms with van der Waals surface area (Å²) in [7, 11) is -3.07. The molecule has 15 heteroatoms. The van der Waals surface area contributed by atoms with Crippen LogP contribution in [0.15, 0.2) is 30.5 Å². The second-order valence-corrected chi connectivity index (χ2v) is 13.4. The topological polar surface area (TPSA) is 142 Å². The van der Waals surface area contributed by atoms with E-state index in [2.05, 4.69) is 25.6 Å². The van der Waals surface area contributed by atoms with E-state index in [9.17, 15) is 31.5 Å². The minimum absolute atomic E-state index is 0.0571. The monoisotopic (exact) mass is 593 g/mol. The van der Waals surface area contributed by atoms with Gasteiger partial charge in [-0.2, -0.15) is 28.2 Å². The number of anilines is 2. The van der Waals surface area contributed by atoms with Gasteiger partial charge in [-0.05, 0) is 62.6 Å². The molecule has 4 heterocycles. The van der Waals surface area contributed by atoms with Crippen molar-refractivity contribution in [2.75, 3.05) is 34.8 Å². The molecule has 1 saturated carbocycles. The molecule has 1 aliphatic carbocycles. The first-order chi connectivity index (χ1) is 19.4. The summed E-state index contributed by atoms with van der Waals surface area (Å²) in [5.74, 6) is 1.14. The Morgan fingerprint density at radius 3 is 2.41 bits per heavy atom. The van der Waals surface area contributed by atoms with E-state index in [1.807, 2.05) is 0 Å². The van der Waals surface area contributed by atoms with Gasteiger partial charge in [0.15, 0.2) is 5.65 Å². The van der Waals surface area contributed by atoms with Gasteiger partial charge in [0.05, 0.1) is 34.3 Å². The second-order valence-electron chi connectivity index (χ2n) is 11.1. The van der Waals surface area contributed by atoms with Gasteiger partial charge in [0.1, 0.15) is 15.7 Å². The summed E-state index contributed by atoms with van der Waals surface area (Å²) in [6.45, 7) is 1.21. The highest BCUT2D eigenvalue weighted by Gasteiger charge is 2.51. The Kier molecular flexibility index (Phi) is 6.74. The molecule has 41 heavy (non-hydrogen) atoms. The van der Waals surface area contributed by atoms with E-state index >= 15 is 0 Å². The standard InChI is InChI=1S/C26H30F3N7O4S/c27-26(28,29)17-2-1-3-19(14-17)36-22-20(15-30-36)21(32-23(33-22)31-18-6-12-41(39,40)13-7-18)35-10-4-16(5-11-35)25(8-9-25)34-24(37)38/h1-3,14-16,18,34H,4-13H2,(H,37,38)(H,31,32,33). The van der Waals surface area contributed by atoms with Gasteiger partial charge in [0, 0.05) is 24.7 Å². The lowest BCUT2D eigenvalue weighted by Gasteiger charge is -2.37. The summed E-state index contributed by atoms with van der Waals surface area (Å²) < 4.78 is 65.5. The quantitative estimate of drug-likeness (QED) is 0.389. The number of hydrogen-bond donors (Lipinski definition) is 3. The SMILES string of the molecule is O=C(O)NC1(C2CCN(c3nc(NC4CCS(=O)(=O)CC4)nc4c3cnn4-c3cccc(C(F)(F)F)c3)CC2)CC1. The van der Waals surface area contributed by atoms with E-state index in [1.54, 1.807) is 6.20 Å². The number of nitrogens with zero attached hydrogens (tertiary/aromatic N) is 5. The molecule has 3 aromatic rings. The summed E-state index contributed by atoms with van der Waals surface area (Å²) >= 11 is 0. The second kappa shape index (κ2) is 10.0. The first-order valence-corrected chi connectivity index (χ1v) is 15.4. The summed E-state index contributed by atoms with van der Waals surface area (Å²) in [5.41, 5.74) is -0.654. The van der Waals surface area contributed by atoms with Crippen LogP contribution in [-0.2, 0) is 16.0 Å². The van der Waals surface area contributed by atoms with E-state index in [4.69, 9.17) is 4.98 Å². The predicted octanol–water partition coefficient (Wildman–Crippen LogP) is 3.84. The van der Waals surface area contributed by atoms with Crippen LogP contribution in [0.1, 0.15) is 44.1 Å². The fourth-order valence-corrected chi connectivity index (χ4v) is 7.54. The van der Waals surface area contributed by atoms with Crippen molar-refractivity contribution in [2.45, 2.75) is 56.3 Å². The van der Waals surface area contributed by atoms with Crippen molar-refractivity contribution in [1.82, 2.24) is 25.1 Å². The molecule has 0 unspecified atom stereocenters. The van der Waals surface area contributed by atoms with Gasteiger partial charge >= 0.3 is 12.3 Å². The van der Waals surface area contributed by atoms with Crippen LogP contribution in [0.25, 0.3) is 16.7 Å². The number of aromatic nitrogens is 4. The molecule has 0 atom stereocenters. The first-order valence-electron chi connectivity index (χ1n) is 13.6. The Bertz CT molecular complexity index is 1570. The summed E-state index contributed by atoms with van der Waals surface area (Å²) in [6.07, 6.45) is -0.0723. The Hall–Kier alpha value is -3.62. The number of carboxylic acid groups (broad SMARTS) is 1. The van der Waals surface area contributed by atoms with Crippen molar-refractivity contribution >= 4 is 38.7 Å². The minimum atomic E-state index is -4.52. The van der Waals surface area contributed by atoms with Gasteiger partial charge in [0.2, 0.25) is 5.95 Å². The van der Waals surface area contributed by atoms with Crippen LogP contribution in [0.3, 0.4) is 0 Å². The van der Waals surface area contributed by atoms with Gasteiger partial charge in [-0.25, -0.2) is 17.9 Å². The van der Waals surface area contributed by atoms with Gasteiger partial charge in [-0.1, -0.05) is 6.07 Å².